The van der Waals surface area contributed by atoms with Gasteiger partial charge in [-0.05, 0) is 29.7 Å². The van der Waals surface area contributed by atoms with E-state index >= 15 is 0 Å². The normalized spacial score (nSPS) is 10.8. The van der Waals surface area contributed by atoms with Crippen LogP contribution in [-0.2, 0) is 13.0 Å². The summed E-state index contributed by atoms with van der Waals surface area (Å²) in [4.78, 5) is 16.2. The number of aliphatic hydroxyl groups is 1. The fourth-order valence-corrected chi connectivity index (χ4v) is 2.29. The monoisotopic (exact) mass is 295 g/mol. The second kappa shape index (κ2) is 6.41. The van der Waals surface area contributed by atoms with Crippen LogP contribution in [0.1, 0.15) is 21.5 Å². The standard InChI is InChI=1S/C17H17N3O2/c21-11-14-3-1-13(2-4-14)5-7-19-17(22)15-6-8-20-12-18-10-16(20)9-15/h1-4,6,8-10,12,21H,5,7,11H2,(H,19,22). The Morgan fingerprint density at radius 1 is 1.18 bits per heavy atom. The Morgan fingerprint density at radius 3 is 2.73 bits per heavy atom. The zero-order valence-electron chi connectivity index (χ0n) is 12.1. The third kappa shape index (κ3) is 3.15. The van der Waals surface area contributed by atoms with Crippen molar-refractivity contribution in [2.24, 2.45) is 0 Å². The van der Waals surface area contributed by atoms with E-state index in [1.165, 1.54) is 0 Å². The summed E-state index contributed by atoms with van der Waals surface area (Å²) < 4.78 is 1.86. The lowest BCUT2D eigenvalue weighted by molar-refractivity contribution is 0.0954. The highest BCUT2D eigenvalue weighted by Gasteiger charge is 2.06. The average Bonchev–Trinajstić information content (AvgIpc) is 3.03. The van der Waals surface area contributed by atoms with Crippen molar-refractivity contribution in [1.82, 2.24) is 14.7 Å². The van der Waals surface area contributed by atoms with E-state index in [1.54, 1.807) is 18.6 Å². The topological polar surface area (TPSA) is 66.6 Å². The predicted octanol–water partition coefficient (Wildman–Crippen LogP) is 1.80. The Bertz CT molecular complexity index is 778. The number of aromatic nitrogens is 2. The maximum atomic E-state index is 12.1. The van der Waals surface area contributed by atoms with Crippen molar-refractivity contribution in [2.45, 2.75) is 13.0 Å². The van der Waals surface area contributed by atoms with Crippen molar-refractivity contribution in [2.75, 3.05) is 6.54 Å². The number of hydrogen-bond donors (Lipinski definition) is 2. The van der Waals surface area contributed by atoms with E-state index in [-0.39, 0.29) is 12.5 Å². The summed E-state index contributed by atoms with van der Waals surface area (Å²) in [6.07, 6.45) is 6.00. The number of amides is 1. The molecule has 112 valence electrons. The van der Waals surface area contributed by atoms with Gasteiger partial charge < -0.3 is 14.8 Å². The van der Waals surface area contributed by atoms with Crippen molar-refractivity contribution in [1.29, 1.82) is 0 Å². The lowest BCUT2D eigenvalue weighted by atomic mass is 10.1. The first-order valence-electron chi connectivity index (χ1n) is 7.15. The second-order valence-corrected chi connectivity index (χ2v) is 5.12. The maximum Gasteiger partial charge on any atom is 0.251 e. The summed E-state index contributed by atoms with van der Waals surface area (Å²) in [5.41, 5.74) is 3.54. The van der Waals surface area contributed by atoms with Crippen molar-refractivity contribution < 1.29 is 9.90 Å². The van der Waals surface area contributed by atoms with Gasteiger partial charge in [-0.1, -0.05) is 24.3 Å². The SMILES string of the molecule is O=C(NCCc1ccc(CO)cc1)c1ccn2cncc2c1. The Hall–Kier alpha value is -2.66. The zero-order valence-corrected chi connectivity index (χ0v) is 12.1. The highest BCUT2D eigenvalue weighted by Crippen LogP contribution is 2.07. The number of carbonyl (C=O) groups excluding carboxylic acids is 1. The molecular formula is C17H17N3O2. The number of hydrogen-bond acceptors (Lipinski definition) is 3. The van der Waals surface area contributed by atoms with E-state index in [9.17, 15) is 4.79 Å². The van der Waals surface area contributed by atoms with Gasteiger partial charge in [0.05, 0.1) is 24.6 Å². The van der Waals surface area contributed by atoms with Gasteiger partial charge in [0.1, 0.15) is 0 Å². The summed E-state index contributed by atoms with van der Waals surface area (Å²) >= 11 is 0. The Kier molecular flexibility index (Phi) is 4.16. The third-order valence-corrected chi connectivity index (χ3v) is 3.58. The molecule has 1 amide bonds. The minimum Gasteiger partial charge on any atom is -0.392 e. The van der Waals surface area contributed by atoms with E-state index in [4.69, 9.17) is 5.11 Å². The number of benzene rings is 1. The van der Waals surface area contributed by atoms with Crippen LogP contribution in [0.2, 0.25) is 0 Å². The molecule has 0 aliphatic rings. The number of pyridine rings is 1. The quantitative estimate of drug-likeness (QED) is 0.754. The molecule has 0 aliphatic heterocycles. The van der Waals surface area contributed by atoms with Crippen molar-refractivity contribution in [3.8, 4) is 0 Å². The number of fused-ring (bicyclic) bond motifs is 1. The minimum atomic E-state index is -0.0873. The van der Waals surface area contributed by atoms with Gasteiger partial charge in [0.25, 0.3) is 5.91 Å². The molecule has 5 heteroatoms. The molecule has 0 aliphatic carbocycles. The Labute approximate surface area is 128 Å². The van der Waals surface area contributed by atoms with Crippen LogP contribution in [-0.4, -0.2) is 26.9 Å². The van der Waals surface area contributed by atoms with Gasteiger partial charge in [0, 0.05) is 18.3 Å². The molecule has 2 N–H and O–H groups in total. The van der Waals surface area contributed by atoms with Crippen LogP contribution in [0.25, 0.3) is 5.52 Å². The summed E-state index contributed by atoms with van der Waals surface area (Å²) in [6.45, 7) is 0.621. The van der Waals surface area contributed by atoms with Crippen LogP contribution in [0, 0.1) is 0 Å². The van der Waals surface area contributed by atoms with Gasteiger partial charge in [0.15, 0.2) is 0 Å². The molecule has 2 aromatic heterocycles. The van der Waals surface area contributed by atoms with Crippen LogP contribution < -0.4 is 5.32 Å². The lowest BCUT2D eigenvalue weighted by Crippen LogP contribution is -2.25. The van der Waals surface area contributed by atoms with Gasteiger partial charge in [-0.15, -0.1) is 0 Å². The van der Waals surface area contributed by atoms with E-state index in [2.05, 4.69) is 10.3 Å². The molecular weight excluding hydrogens is 278 g/mol. The number of rotatable bonds is 5. The fraction of sp³-hybridized carbons (Fsp3) is 0.176. The van der Waals surface area contributed by atoms with Gasteiger partial charge in [-0.3, -0.25) is 4.79 Å². The predicted molar refractivity (Wildman–Crippen MR) is 83.6 cm³/mol. The van der Waals surface area contributed by atoms with Gasteiger partial charge in [-0.25, -0.2) is 4.98 Å². The highest BCUT2D eigenvalue weighted by atomic mass is 16.3. The van der Waals surface area contributed by atoms with Crippen LogP contribution in [0.3, 0.4) is 0 Å². The number of nitrogens with one attached hydrogen (secondary N) is 1. The molecule has 0 fully saturated rings. The molecule has 0 saturated heterocycles. The molecule has 0 radical (unpaired) electrons. The molecule has 22 heavy (non-hydrogen) atoms. The Morgan fingerprint density at radius 2 is 1.95 bits per heavy atom. The largest absolute Gasteiger partial charge is 0.392 e. The van der Waals surface area contributed by atoms with Crippen LogP contribution in [0.15, 0.2) is 55.1 Å². The number of aliphatic hydroxyl groups excluding tert-OH is 1. The summed E-state index contributed by atoms with van der Waals surface area (Å²) in [7, 11) is 0. The summed E-state index contributed by atoms with van der Waals surface area (Å²) in [5.74, 6) is -0.0873. The smallest absolute Gasteiger partial charge is 0.251 e. The molecule has 0 bridgehead atoms. The van der Waals surface area contributed by atoms with Gasteiger partial charge in [-0.2, -0.15) is 0 Å². The molecule has 1 aromatic carbocycles. The number of carbonyl (C=O) groups is 1. The first kappa shape index (κ1) is 14.3. The molecule has 0 saturated carbocycles. The number of imidazole rings is 1. The molecule has 0 spiro atoms. The van der Waals surface area contributed by atoms with Gasteiger partial charge in [0.2, 0.25) is 0 Å². The molecule has 5 nitrogen and oxygen atoms in total. The van der Waals surface area contributed by atoms with Crippen molar-refractivity contribution >= 4 is 11.4 Å². The van der Waals surface area contributed by atoms with E-state index in [0.717, 1.165) is 23.1 Å². The molecule has 3 rings (SSSR count). The third-order valence-electron chi connectivity index (χ3n) is 3.58. The van der Waals surface area contributed by atoms with E-state index in [1.807, 2.05) is 40.9 Å². The lowest BCUT2D eigenvalue weighted by Gasteiger charge is -2.06. The van der Waals surface area contributed by atoms with E-state index < -0.39 is 0 Å². The fourth-order valence-electron chi connectivity index (χ4n) is 2.29. The van der Waals surface area contributed by atoms with E-state index in [0.29, 0.717) is 12.1 Å². The summed E-state index contributed by atoms with van der Waals surface area (Å²) in [6, 6.07) is 11.3. The van der Waals surface area contributed by atoms with Crippen molar-refractivity contribution in [3.63, 3.8) is 0 Å². The zero-order chi connectivity index (χ0) is 15.4. The molecule has 0 atom stereocenters. The van der Waals surface area contributed by atoms with Crippen LogP contribution in [0.4, 0.5) is 0 Å². The number of nitrogens with zero attached hydrogens (tertiary/aromatic N) is 2. The molecule has 3 aromatic rings. The summed E-state index contributed by atoms with van der Waals surface area (Å²) in [5, 5.41) is 11.9. The van der Waals surface area contributed by atoms with Crippen LogP contribution in [0.5, 0.6) is 0 Å². The van der Waals surface area contributed by atoms with Crippen molar-refractivity contribution in [3.05, 3.63) is 71.8 Å². The first-order chi connectivity index (χ1) is 10.8. The van der Waals surface area contributed by atoms with Gasteiger partial charge >= 0.3 is 0 Å². The molecule has 2 heterocycles. The Balaban J connectivity index is 1.57. The maximum absolute atomic E-state index is 12.1. The average molecular weight is 295 g/mol. The molecule has 0 unspecified atom stereocenters. The first-order valence-corrected chi connectivity index (χ1v) is 7.15. The second-order valence-electron chi connectivity index (χ2n) is 5.12. The van der Waals surface area contributed by atoms with Crippen LogP contribution >= 0.6 is 0 Å². The highest BCUT2D eigenvalue weighted by molar-refractivity contribution is 5.95. The minimum absolute atomic E-state index is 0.0497.